The summed E-state index contributed by atoms with van der Waals surface area (Å²) in [6.07, 6.45) is 2.36. The van der Waals surface area contributed by atoms with Crippen LogP contribution in [0.4, 0.5) is 0 Å². The quantitative estimate of drug-likeness (QED) is 0.807. The van der Waals surface area contributed by atoms with Crippen molar-refractivity contribution in [3.05, 3.63) is 21.4 Å². The van der Waals surface area contributed by atoms with E-state index in [2.05, 4.69) is 0 Å². The van der Waals surface area contributed by atoms with Gasteiger partial charge in [-0.2, -0.15) is 0 Å². The van der Waals surface area contributed by atoms with Gasteiger partial charge in [-0.25, -0.2) is 4.79 Å². The van der Waals surface area contributed by atoms with Crippen LogP contribution in [0.5, 0.6) is 0 Å². The average molecular weight is 239 g/mol. The number of ether oxygens (including phenoxy) is 1. The van der Waals surface area contributed by atoms with E-state index in [-0.39, 0.29) is 0 Å². The van der Waals surface area contributed by atoms with E-state index >= 15 is 0 Å². The number of hydrogen-bond acceptors (Lipinski definition) is 4. The molecule has 1 heterocycles. The number of rotatable bonds is 3. The summed E-state index contributed by atoms with van der Waals surface area (Å²) in [7, 11) is 0. The topological polar surface area (TPSA) is 69.4 Å². The highest BCUT2D eigenvalue weighted by Crippen LogP contribution is 2.31. The largest absolute Gasteiger partial charge is 0.448 e. The summed E-state index contributed by atoms with van der Waals surface area (Å²) < 4.78 is 4.93. The Balaban J connectivity index is 2.07. The van der Waals surface area contributed by atoms with E-state index in [1.54, 1.807) is 0 Å². The van der Waals surface area contributed by atoms with E-state index in [1.807, 2.05) is 6.07 Å². The van der Waals surface area contributed by atoms with Crippen LogP contribution in [0.25, 0.3) is 0 Å². The first-order valence-corrected chi connectivity index (χ1v) is 6.01. The first-order valence-electron chi connectivity index (χ1n) is 5.20. The summed E-state index contributed by atoms with van der Waals surface area (Å²) in [5.41, 5.74) is 6.26. The molecule has 0 unspecified atom stereocenters. The van der Waals surface area contributed by atoms with Crippen molar-refractivity contribution in [1.29, 1.82) is 0 Å². The molecule has 1 aliphatic carbocycles. The number of fused-ring (bicyclic) bond motifs is 1. The van der Waals surface area contributed by atoms with Crippen molar-refractivity contribution in [2.45, 2.75) is 32.3 Å². The number of primary amides is 1. The fraction of sp³-hybridized carbons (Fsp3) is 0.455. The van der Waals surface area contributed by atoms with Gasteiger partial charge in [0.15, 0.2) is 6.10 Å². The highest BCUT2D eigenvalue weighted by Gasteiger charge is 2.21. The Morgan fingerprint density at radius 2 is 2.25 bits per heavy atom. The second-order valence-corrected chi connectivity index (χ2v) is 5.00. The molecule has 0 bridgehead atoms. The Morgan fingerprint density at radius 3 is 2.88 bits per heavy atom. The molecule has 1 aromatic rings. The summed E-state index contributed by atoms with van der Waals surface area (Å²) in [5.74, 6) is -1.08. The van der Waals surface area contributed by atoms with Crippen LogP contribution in [0.15, 0.2) is 6.07 Å². The molecule has 1 aromatic heterocycles. The van der Waals surface area contributed by atoms with E-state index in [9.17, 15) is 9.59 Å². The predicted octanol–water partition coefficient (Wildman–Crippen LogP) is 1.27. The van der Waals surface area contributed by atoms with E-state index in [0.29, 0.717) is 4.88 Å². The first kappa shape index (κ1) is 11.1. The van der Waals surface area contributed by atoms with Crippen molar-refractivity contribution in [3.63, 3.8) is 0 Å². The summed E-state index contributed by atoms with van der Waals surface area (Å²) in [6, 6.07) is 1.86. The highest BCUT2D eigenvalue weighted by molar-refractivity contribution is 7.14. The molecule has 16 heavy (non-hydrogen) atoms. The highest BCUT2D eigenvalue weighted by atomic mass is 32.1. The van der Waals surface area contributed by atoms with Gasteiger partial charge in [0.1, 0.15) is 4.88 Å². The molecule has 1 aliphatic rings. The maximum atomic E-state index is 11.6. The number of aryl methyl sites for hydroxylation is 2. The lowest BCUT2D eigenvalue weighted by Crippen LogP contribution is -2.30. The Labute approximate surface area is 97.4 Å². The predicted molar refractivity (Wildman–Crippen MR) is 60.4 cm³/mol. The molecular weight excluding hydrogens is 226 g/mol. The van der Waals surface area contributed by atoms with E-state index in [1.165, 1.54) is 28.7 Å². The SMILES string of the molecule is C[C@H](OC(=O)c1cc2c(s1)CCC2)C(N)=O. The van der Waals surface area contributed by atoms with Crippen LogP contribution in [0.2, 0.25) is 0 Å². The Bertz CT molecular complexity index is 417. The maximum absolute atomic E-state index is 11.6. The fourth-order valence-corrected chi connectivity index (χ4v) is 2.84. The van der Waals surface area contributed by atoms with E-state index < -0.39 is 18.0 Å². The van der Waals surface area contributed by atoms with Gasteiger partial charge in [0.05, 0.1) is 0 Å². The lowest BCUT2D eigenvalue weighted by molar-refractivity contribution is -0.125. The third-order valence-electron chi connectivity index (χ3n) is 2.63. The van der Waals surface area contributed by atoms with Crippen LogP contribution in [-0.4, -0.2) is 18.0 Å². The average Bonchev–Trinajstić information content (AvgIpc) is 2.75. The van der Waals surface area contributed by atoms with Gasteiger partial charge in [-0.1, -0.05) is 0 Å². The molecule has 2 rings (SSSR count). The molecule has 4 nitrogen and oxygen atoms in total. The molecule has 0 aromatic carbocycles. The monoisotopic (exact) mass is 239 g/mol. The van der Waals surface area contributed by atoms with Crippen LogP contribution in [0.1, 0.15) is 33.5 Å². The number of amides is 1. The number of nitrogens with two attached hydrogens (primary N) is 1. The second-order valence-electron chi connectivity index (χ2n) is 3.86. The van der Waals surface area contributed by atoms with Crippen LogP contribution in [0, 0.1) is 0 Å². The lowest BCUT2D eigenvalue weighted by Gasteiger charge is -2.07. The van der Waals surface area contributed by atoms with Crippen LogP contribution in [-0.2, 0) is 22.4 Å². The zero-order valence-electron chi connectivity index (χ0n) is 8.99. The van der Waals surface area contributed by atoms with Crippen LogP contribution < -0.4 is 5.73 Å². The normalized spacial score (nSPS) is 15.6. The van der Waals surface area contributed by atoms with Crippen molar-refractivity contribution in [2.75, 3.05) is 0 Å². The molecule has 0 radical (unpaired) electrons. The minimum absolute atomic E-state index is 0.453. The number of carbonyl (C=O) groups excluding carboxylic acids is 2. The molecule has 2 N–H and O–H groups in total. The molecule has 1 atom stereocenters. The number of thiophene rings is 1. The molecule has 0 saturated heterocycles. The van der Waals surface area contributed by atoms with Gasteiger partial charge in [-0.15, -0.1) is 11.3 Å². The van der Waals surface area contributed by atoms with Crippen LogP contribution >= 0.6 is 11.3 Å². The summed E-state index contributed by atoms with van der Waals surface area (Å²) in [6.45, 7) is 1.47. The van der Waals surface area contributed by atoms with Gasteiger partial charge in [-0.3, -0.25) is 4.79 Å². The van der Waals surface area contributed by atoms with Crippen LogP contribution in [0.3, 0.4) is 0 Å². The molecule has 86 valence electrons. The Morgan fingerprint density at radius 1 is 1.50 bits per heavy atom. The fourth-order valence-electron chi connectivity index (χ4n) is 1.71. The minimum Gasteiger partial charge on any atom is -0.448 e. The van der Waals surface area contributed by atoms with Gasteiger partial charge in [0.2, 0.25) is 0 Å². The number of hydrogen-bond donors (Lipinski definition) is 1. The van der Waals surface area contributed by atoms with Crippen molar-refractivity contribution in [1.82, 2.24) is 0 Å². The molecule has 0 saturated carbocycles. The van der Waals surface area contributed by atoms with E-state index in [4.69, 9.17) is 10.5 Å². The van der Waals surface area contributed by atoms with Crippen molar-refractivity contribution < 1.29 is 14.3 Å². The van der Waals surface area contributed by atoms with E-state index in [0.717, 1.165) is 19.3 Å². The number of esters is 1. The molecule has 0 aliphatic heterocycles. The second kappa shape index (κ2) is 4.25. The summed E-state index contributed by atoms with van der Waals surface area (Å²) in [5, 5.41) is 0. The third kappa shape index (κ3) is 2.09. The Hall–Kier alpha value is -1.36. The van der Waals surface area contributed by atoms with Crippen molar-refractivity contribution in [2.24, 2.45) is 5.73 Å². The molecule has 0 fully saturated rings. The third-order valence-corrected chi connectivity index (χ3v) is 3.85. The summed E-state index contributed by atoms with van der Waals surface area (Å²) in [4.78, 5) is 24.2. The minimum atomic E-state index is -0.871. The number of carbonyl (C=O) groups is 2. The van der Waals surface area contributed by atoms with Gasteiger partial charge in [0.25, 0.3) is 5.91 Å². The van der Waals surface area contributed by atoms with Crippen molar-refractivity contribution in [3.8, 4) is 0 Å². The first-order chi connectivity index (χ1) is 7.58. The smallest absolute Gasteiger partial charge is 0.349 e. The Kier molecular flexibility index (Phi) is 2.96. The standard InChI is InChI=1S/C11H13NO3S/c1-6(10(12)13)15-11(14)9-5-7-3-2-4-8(7)16-9/h5-6H,2-4H2,1H3,(H2,12,13)/t6-/m0/s1. The van der Waals surface area contributed by atoms with Crippen molar-refractivity contribution >= 4 is 23.2 Å². The van der Waals surface area contributed by atoms with Gasteiger partial charge in [-0.05, 0) is 37.8 Å². The zero-order valence-corrected chi connectivity index (χ0v) is 9.80. The molecule has 5 heteroatoms. The molecular formula is C11H13NO3S. The van der Waals surface area contributed by atoms with Gasteiger partial charge < -0.3 is 10.5 Å². The lowest BCUT2D eigenvalue weighted by atomic mass is 10.2. The summed E-state index contributed by atoms with van der Waals surface area (Å²) >= 11 is 1.46. The van der Waals surface area contributed by atoms with Gasteiger partial charge >= 0.3 is 5.97 Å². The van der Waals surface area contributed by atoms with Gasteiger partial charge in [0, 0.05) is 4.88 Å². The molecule has 1 amide bonds. The molecule has 0 spiro atoms. The zero-order chi connectivity index (χ0) is 11.7. The maximum Gasteiger partial charge on any atom is 0.349 e.